The van der Waals surface area contributed by atoms with E-state index in [1.165, 1.54) is 16.9 Å². The van der Waals surface area contributed by atoms with Crippen LogP contribution in [0.5, 0.6) is 0 Å². The Kier molecular flexibility index (Phi) is 3.80. The zero-order valence-corrected chi connectivity index (χ0v) is 14.5. The highest BCUT2D eigenvalue weighted by Crippen LogP contribution is 2.31. The Morgan fingerprint density at radius 3 is 2.42 bits per heavy atom. The van der Waals surface area contributed by atoms with E-state index in [1.54, 1.807) is 0 Å². The molecule has 2 aromatic rings. The van der Waals surface area contributed by atoms with Gasteiger partial charge in [0, 0.05) is 12.2 Å². The Balaban J connectivity index is 1.61. The number of allylic oxidation sites excluding steroid dienone is 2. The lowest BCUT2D eigenvalue weighted by molar-refractivity contribution is 0.483. The zero-order chi connectivity index (χ0) is 17.3. The van der Waals surface area contributed by atoms with Gasteiger partial charge in [-0.15, -0.1) is 0 Å². The third-order valence-electron chi connectivity index (χ3n) is 5.23. The first-order chi connectivity index (χ1) is 12.9. The SMILES string of the molecule is C1=CC2N=C3C=C(c4ccccc4)N(c4ccccc4)CC3NC2C=C1. The molecule has 3 aliphatic rings. The lowest BCUT2D eigenvalue weighted by Crippen LogP contribution is -2.57. The van der Waals surface area contributed by atoms with Crippen LogP contribution < -0.4 is 10.2 Å². The molecule has 2 heterocycles. The minimum atomic E-state index is 0.197. The highest BCUT2D eigenvalue weighted by Gasteiger charge is 2.34. The van der Waals surface area contributed by atoms with E-state index in [0.29, 0.717) is 0 Å². The van der Waals surface area contributed by atoms with Crippen LogP contribution in [0.25, 0.3) is 5.70 Å². The van der Waals surface area contributed by atoms with Crippen molar-refractivity contribution in [2.75, 3.05) is 11.4 Å². The molecule has 128 valence electrons. The summed E-state index contributed by atoms with van der Waals surface area (Å²) in [5, 5.41) is 3.77. The molecule has 0 saturated carbocycles. The van der Waals surface area contributed by atoms with E-state index >= 15 is 0 Å². The molecule has 5 rings (SSSR count). The van der Waals surface area contributed by atoms with Gasteiger partial charge in [-0.25, -0.2) is 0 Å². The molecule has 3 nitrogen and oxygen atoms in total. The van der Waals surface area contributed by atoms with Crippen molar-refractivity contribution in [2.24, 2.45) is 4.99 Å². The van der Waals surface area contributed by atoms with Gasteiger partial charge in [0.1, 0.15) is 0 Å². The number of anilines is 1. The normalized spacial score (nSPS) is 26.6. The van der Waals surface area contributed by atoms with Crippen LogP contribution in [0.1, 0.15) is 5.56 Å². The van der Waals surface area contributed by atoms with Gasteiger partial charge in [0.2, 0.25) is 0 Å². The number of rotatable bonds is 2. The van der Waals surface area contributed by atoms with E-state index in [9.17, 15) is 0 Å². The smallest absolute Gasteiger partial charge is 0.0876 e. The van der Waals surface area contributed by atoms with Gasteiger partial charge >= 0.3 is 0 Å². The Labute approximate surface area is 154 Å². The van der Waals surface area contributed by atoms with Crippen molar-refractivity contribution in [3.05, 3.63) is 96.6 Å². The summed E-state index contributed by atoms with van der Waals surface area (Å²) < 4.78 is 0. The van der Waals surface area contributed by atoms with Gasteiger partial charge in [-0.2, -0.15) is 0 Å². The number of aliphatic imine (C=N–C) groups is 1. The minimum Gasteiger partial charge on any atom is -0.339 e. The Morgan fingerprint density at radius 1 is 0.885 bits per heavy atom. The van der Waals surface area contributed by atoms with Crippen molar-refractivity contribution in [1.82, 2.24) is 5.32 Å². The molecule has 26 heavy (non-hydrogen) atoms. The number of fused-ring (bicyclic) bond motifs is 2. The fourth-order valence-corrected chi connectivity index (χ4v) is 3.94. The van der Waals surface area contributed by atoms with Gasteiger partial charge < -0.3 is 4.90 Å². The number of nitrogens with zero attached hydrogens (tertiary/aromatic N) is 2. The summed E-state index contributed by atoms with van der Waals surface area (Å²) in [6.45, 7) is 0.879. The molecular formula is C23H21N3. The monoisotopic (exact) mass is 339 g/mol. The van der Waals surface area contributed by atoms with Crippen molar-refractivity contribution in [3.8, 4) is 0 Å². The Bertz CT molecular complexity index is 909. The minimum absolute atomic E-state index is 0.197. The van der Waals surface area contributed by atoms with Crippen LogP contribution in [-0.2, 0) is 0 Å². The van der Waals surface area contributed by atoms with Crippen LogP contribution in [0, 0.1) is 0 Å². The van der Waals surface area contributed by atoms with E-state index in [-0.39, 0.29) is 18.1 Å². The fraction of sp³-hybridized carbons (Fsp3) is 0.174. The molecule has 1 N–H and O–H groups in total. The van der Waals surface area contributed by atoms with Crippen LogP contribution in [0.3, 0.4) is 0 Å². The topological polar surface area (TPSA) is 27.6 Å². The molecule has 3 unspecified atom stereocenters. The molecule has 3 atom stereocenters. The maximum atomic E-state index is 5.04. The predicted octanol–water partition coefficient (Wildman–Crippen LogP) is 3.82. The van der Waals surface area contributed by atoms with E-state index in [1.807, 2.05) is 0 Å². The lowest BCUT2D eigenvalue weighted by atomic mass is 9.93. The number of para-hydroxylation sites is 1. The van der Waals surface area contributed by atoms with Crippen LogP contribution in [0.15, 0.2) is 96.0 Å². The van der Waals surface area contributed by atoms with E-state index in [4.69, 9.17) is 4.99 Å². The van der Waals surface area contributed by atoms with Crippen molar-refractivity contribution in [1.29, 1.82) is 0 Å². The molecule has 0 amide bonds. The van der Waals surface area contributed by atoms with Crippen LogP contribution >= 0.6 is 0 Å². The molecule has 0 aromatic heterocycles. The second-order valence-corrected chi connectivity index (χ2v) is 6.90. The average molecular weight is 339 g/mol. The van der Waals surface area contributed by atoms with Gasteiger partial charge in [0.15, 0.2) is 0 Å². The first kappa shape index (κ1) is 15.4. The van der Waals surface area contributed by atoms with Crippen LogP contribution in [0.4, 0.5) is 5.69 Å². The largest absolute Gasteiger partial charge is 0.339 e. The maximum Gasteiger partial charge on any atom is 0.0876 e. The number of hydrogen-bond donors (Lipinski definition) is 1. The molecule has 1 aliphatic carbocycles. The van der Waals surface area contributed by atoms with Crippen molar-refractivity contribution < 1.29 is 0 Å². The summed E-state index contributed by atoms with van der Waals surface area (Å²) in [5.74, 6) is 0. The molecule has 0 spiro atoms. The molecule has 0 radical (unpaired) electrons. The van der Waals surface area contributed by atoms with Crippen LogP contribution in [-0.4, -0.2) is 30.4 Å². The molecule has 0 bridgehead atoms. The summed E-state index contributed by atoms with van der Waals surface area (Å²) in [7, 11) is 0. The summed E-state index contributed by atoms with van der Waals surface area (Å²) in [6.07, 6.45) is 10.9. The van der Waals surface area contributed by atoms with Gasteiger partial charge in [0.05, 0.1) is 29.5 Å². The van der Waals surface area contributed by atoms with E-state index in [0.717, 1.165) is 12.3 Å². The highest BCUT2D eigenvalue weighted by atomic mass is 15.2. The highest BCUT2D eigenvalue weighted by molar-refractivity contribution is 6.09. The summed E-state index contributed by atoms with van der Waals surface area (Å²) in [6, 6.07) is 21.9. The second-order valence-electron chi connectivity index (χ2n) is 6.90. The van der Waals surface area contributed by atoms with Crippen molar-refractivity contribution in [2.45, 2.75) is 18.1 Å². The first-order valence-corrected chi connectivity index (χ1v) is 9.17. The van der Waals surface area contributed by atoms with Gasteiger partial charge in [-0.3, -0.25) is 10.3 Å². The fourth-order valence-electron chi connectivity index (χ4n) is 3.94. The standard InChI is InChI=1S/C23H21N3/c1-3-9-17(10-4-1)23-15-21-22(16-26(23)18-11-5-2-6-12-18)25-20-14-8-7-13-19(20)24-21/h1-15,19-20,22,25H,16H2. The van der Waals surface area contributed by atoms with Gasteiger partial charge in [0.25, 0.3) is 0 Å². The van der Waals surface area contributed by atoms with E-state index in [2.05, 4.69) is 101 Å². The third-order valence-corrected chi connectivity index (χ3v) is 5.23. The quantitative estimate of drug-likeness (QED) is 0.901. The molecular weight excluding hydrogens is 318 g/mol. The van der Waals surface area contributed by atoms with E-state index < -0.39 is 0 Å². The van der Waals surface area contributed by atoms with Gasteiger partial charge in [-0.05, 0) is 23.8 Å². The van der Waals surface area contributed by atoms with Crippen LogP contribution in [0.2, 0.25) is 0 Å². The molecule has 0 saturated heterocycles. The molecule has 0 fully saturated rings. The Morgan fingerprint density at radius 2 is 1.62 bits per heavy atom. The van der Waals surface area contributed by atoms with Crippen molar-refractivity contribution >= 4 is 17.1 Å². The average Bonchev–Trinajstić information content (AvgIpc) is 2.72. The molecule has 2 aromatic carbocycles. The van der Waals surface area contributed by atoms with Gasteiger partial charge in [-0.1, -0.05) is 72.8 Å². The second kappa shape index (κ2) is 6.43. The molecule has 3 heteroatoms. The predicted molar refractivity (Wildman–Crippen MR) is 108 cm³/mol. The van der Waals surface area contributed by atoms with Crippen molar-refractivity contribution in [3.63, 3.8) is 0 Å². The summed E-state index contributed by atoms with van der Waals surface area (Å²) in [5.41, 5.74) is 4.79. The summed E-state index contributed by atoms with van der Waals surface area (Å²) in [4.78, 5) is 7.44. The zero-order valence-electron chi connectivity index (χ0n) is 14.5. The Hall–Kier alpha value is -2.91. The number of hydrogen-bond acceptors (Lipinski definition) is 3. The third kappa shape index (κ3) is 2.71. The first-order valence-electron chi connectivity index (χ1n) is 9.17. The number of benzene rings is 2. The summed E-state index contributed by atoms with van der Waals surface area (Å²) >= 11 is 0. The molecule has 2 aliphatic heterocycles. The maximum absolute atomic E-state index is 5.04. The lowest BCUT2D eigenvalue weighted by Gasteiger charge is -2.41. The number of nitrogens with one attached hydrogen (secondary N) is 1.